The van der Waals surface area contributed by atoms with Crippen LogP contribution in [0.25, 0.3) is 0 Å². The lowest BCUT2D eigenvalue weighted by Crippen LogP contribution is -2.28. The molecular formula is C11H12ClN3S. The zero-order valence-corrected chi connectivity index (χ0v) is 10.3. The van der Waals surface area contributed by atoms with E-state index < -0.39 is 0 Å². The van der Waals surface area contributed by atoms with Gasteiger partial charge in [0.05, 0.1) is 11.1 Å². The number of thiophene rings is 1. The van der Waals surface area contributed by atoms with E-state index in [9.17, 15) is 0 Å². The fourth-order valence-electron chi connectivity index (χ4n) is 1.55. The molecule has 2 aromatic rings. The molecule has 0 bridgehead atoms. The fraction of sp³-hybridized carbons (Fsp3) is 0.182. The predicted octanol–water partition coefficient (Wildman–Crippen LogP) is 2.66. The summed E-state index contributed by atoms with van der Waals surface area (Å²) in [7, 11) is 0. The van der Waals surface area contributed by atoms with E-state index in [4.69, 9.17) is 17.4 Å². The van der Waals surface area contributed by atoms with Crippen LogP contribution in [0.4, 0.5) is 0 Å². The third-order valence-electron chi connectivity index (χ3n) is 2.33. The maximum atomic E-state index is 6.10. The van der Waals surface area contributed by atoms with Crippen LogP contribution in [0.3, 0.4) is 0 Å². The number of pyridine rings is 1. The summed E-state index contributed by atoms with van der Waals surface area (Å²) in [5.74, 6) is 5.59. The average molecular weight is 254 g/mol. The zero-order chi connectivity index (χ0) is 11.5. The van der Waals surface area contributed by atoms with E-state index in [1.54, 1.807) is 23.7 Å². The minimum atomic E-state index is -0.0748. The zero-order valence-electron chi connectivity index (χ0n) is 8.77. The highest BCUT2D eigenvalue weighted by Gasteiger charge is 2.16. The van der Waals surface area contributed by atoms with Crippen molar-refractivity contribution in [3.63, 3.8) is 0 Å². The largest absolute Gasteiger partial charge is 0.271 e. The molecule has 3 nitrogen and oxygen atoms in total. The lowest BCUT2D eigenvalue weighted by atomic mass is 10.1. The third-order valence-corrected chi connectivity index (χ3v) is 3.71. The summed E-state index contributed by atoms with van der Waals surface area (Å²) in [6, 6.07) is 5.93. The summed E-state index contributed by atoms with van der Waals surface area (Å²) in [5.41, 5.74) is 3.73. The van der Waals surface area contributed by atoms with Crippen LogP contribution >= 0.6 is 22.9 Å². The number of nitrogens with zero attached hydrogens (tertiary/aromatic N) is 1. The first-order valence-corrected chi connectivity index (χ1v) is 6.03. The molecule has 0 aliphatic heterocycles. The van der Waals surface area contributed by atoms with Crippen molar-refractivity contribution in [3.05, 3.63) is 50.9 Å². The molecule has 0 radical (unpaired) electrons. The SMILES string of the molecule is Cc1ccc(C(NN)c2ccncc2Cl)s1. The number of hydrogen-bond donors (Lipinski definition) is 2. The van der Waals surface area contributed by atoms with Gasteiger partial charge in [-0.1, -0.05) is 11.6 Å². The Morgan fingerprint density at radius 3 is 2.81 bits per heavy atom. The van der Waals surface area contributed by atoms with Crippen LogP contribution in [0.5, 0.6) is 0 Å². The maximum Gasteiger partial charge on any atom is 0.0818 e. The van der Waals surface area contributed by atoms with Crippen molar-refractivity contribution in [2.45, 2.75) is 13.0 Å². The monoisotopic (exact) mass is 253 g/mol. The number of aryl methyl sites for hydroxylation is 1. The fourth-order valence-corrected chi connectivity index (χ4v) is 2.74. The second-order valence-corrected chi connectivity index (χ2v) is 5.17. The van der Waals surface area contributed by atoms with E-state index in [-0.39, 0.29) is 6.04 Å². The summed E-state index contributed by atoms with van der Waals surface area (Å²) in [5, 5.41) is 0.622. The molecule has 2 aromatic heterocycles. The van der Waals surface area contributed by atoms with Gasteiger partial charge in [0.1, 0.15) is 0 Å². The summed E-state index contributed by atoms with van der Waals surface area (Å²) < 4.78 is 0. The molecule has 1 unspecified atom stereocenters. The Kier molecular flexibility index (Phi) is 3.56. The quantitative estimate of drug-likeness (QED) is 0.653. The Labute approximate surface area is 103 Å². The Morgan fingerprint density at radius 1 is 1.44 bits per heavy atom. The molecule has 1 atom stereocenters. The second kappa shape index (κ2) is 4.93. The summed E-state index contributed by atoms with van der Waals surface area (Å²) in [6.45, 7) is 2.07. The van der Waals surface area contributed by atoms with Gasteiger partial charge in [-0.15, -0.1) is 11.3 Å². The smallest absolute Gasteiger partial charge is 0.0818 e. The molecule has 16 heavy (non-hydrogen) atoms. The van der Waals surface area contributed by atoms with Crippen molar-refractivity contribution in [1.29, 1.82) is 0 Å². The van der Waals surface area contributed by atoms with Gasteiger partial charge in [-0.25, -0.2) is 5.43 Å². The van der Waals surface area contributed by atoms with Crippen molar-refractivity contribution in [2.24, 2.45) is 5.84 Å². The highest BCUT2D eigenvalue weighted by atomic mass is 35.5. The van der Waals surface area contributed by atoms with Gasteiger partial charge < -0.3 is 0 Å². The van der Waals surface area contributed by atoms with Gasteiger partial charge in [0, 0.05) is 22.1 Å². The molecule has 0 aliphatic carbocycles. The molecule has 0 saturated heterocycles. The van der Waals surface area contributed by atoms with Crippen molar-refractivity contribution < 1.29 is 0 Å². The molecule has 0 fully saturated rings. The van der Waals surface area contributed by atoms with Gasteiger partial charge in [0.2, 0.25) is 0 Å². The van der Waals surface area contributed by atoms with Crippen LogP contribution < -0.4 is 11.3 Å². The van der Waals surface area contributed by atoms with Gasteiger partial charge in [-0.05, 0) is 30.7 Å². The molecule has 84 valence electrons. The molecule has 0 spiro atoms. The summed E-state index contributed by atoms with van der Waals surface area (Å²) >= 11 is 7.80. The number of hydrogen-bond acceptors (Lipinski definition) is 4. The van der Waals surface area contributed by atoms with Crippen molar-refractivity contribution in [1.82, 2.24) is 10.4 Å². The molecule has 0 aliphatic rings. The van der Waals surface area contributed by atoms with Gasteiger partial charge in [-0.2, -0.15) is 0 Å². The number of nitrogens with one attached hydrogen (secondary N) is 1. The van der Waals surface area contributed by atoms with E-state index in [2.05, 4.69) is 29.5 Å². The molecule has 2 heterocycles. The first-order valence-electron chi connectivity index (χ1n) is 4.84. The first kappa shape index (κ1) is 11.5. The van der Waals surface area contributed by atoms with Crippen LogP contribution in [0.1, 0.15) is 21.4 Å². The molecular weight excluding hydrogens is 242 g/mol. The van der Waals surface area contributed by atoms with E-state index in [0.29, 0.717) is 5.02 Å². The summed E-state index contributed by atoms with van der Waals surface area (Å²) in [4.78, 5) is 6.36. The molecule has 5 heteroatoms. The Bertz CT molecular complexity index is 484. The summed E-state index contributed by atoms with van der Waals surface area (Å²) in [6.07, 6.45) is 3.34. The predicted molar refractivity (Wildman–Crippen MR) is 67.5 cm³/mol. The number of rotatable bonds is 3. The van der Waals surface area contributed by atoms with Crippen LogP contribution in [0, 0.1) is 6.92 Å². The lowest BCUT2D eigenvalue weighted by molar-refractivity contribution is 0.646. The van der Waals surface area contributed by atoms with Gasteiger partial charge >= 0.3 is 0 Å². The third kappa shape index (κ3) is 2.25. The van der Waals surface area contributed by atoms with Crippen LogP contribution in [-0.4, -0.2) is 4.98 Å². The van der Waals surface area contributed by atoms with Crippen molar-refractivity contribution in [2.75, 3.05) is 0 Å². The first-order chi connectivity index (χ1) is 7.72. The molecule has 0 amide bonds. The average Bonchev–Trinajstić information content (AvgIpc) is 2.69. The van der Waals surface area contributed by atoms with Gasteiger partial charge in [0.25, 0.3) is 0 Å². The highest BCUT2D eigenvalue weighted by Crippen LogP contribution is 2.31. The van der Waals surface area contributed by atoms with Crippen molar-refractivity contribution in [3.8, 4) is 0 Å². The highest BCUT2D eigenvalue weighted by molar-refractivity contribution is 7.12. The lowest BCUT2D eigenvalue weighted by Gasteiger charge is -2.15. The Morgan fingerprint density at radius 2 is 2.25 bits per heavy atom. The van der Waals surface area contributed by atoms with E-state index in [0.717, 1.165) is 10.4 Å². The Hall–Kier alpha value is -0.940. The van der Waals surface area contributed by atoms with Crippen LogP contribution in [0.2, 0.25) is 5.02 Å². The topological polar surface area (TPSA) is 50.9 Å². The molecule has 3 N–H and O–H groups in total. The van der Waals surface area contributed by atoms with Gasteiger partial charge in [0.15, 0.2) is 0 Å². The number of hydrazine groups is 1. The van der Waals surface area contributed by atoms with E-state index in [1.807, 2.05) is 6.07 Å². The van der Waals surface area contributed by atoms with Crippen molar-refractivity contribution >= 4 is 22.9 Å². The number of aromatic nitrogens is 1. The normalized spacial score (nSPS) is 12.7. The number of nitrogens with two attached hydrogens (primary N) is 1. The Balaban J connectivity index is 2.40. The minimum absolute atomic E-state index is 0.0748. The van der Waals surface area contributed by atoms with Crippen LogP contribution in [-0.2, 0) is 0 Å². The van der Waals surface area contributed by atoms with Crippen LogP contribution in [0.15, 0.2) is 30.6 Å². The van der Waals surface area contributed by atoms with Gasteiger partial charge in [-0.3, -0.25) is 10.8 Å². The standard InChI is InChI=1S/C11H12ClN3S/c1-7-2-3-10(16-7)11(15-13)8-4-5-14-6-9(8)12/h2-6,11,15H,13H2,1H3. The van der Waals surface area contributed by atoms with E-state index >= 15 is 0 Å². The maximum absolute atomic E-state index is 6.10. The molecule has 0 saturated carbocycles. The minimum Gasteiger partial charge on any atom is -0.271 e. The molecule has 2 rings (SSSR count). The number of halogens is 1. The second-order valence-electron chi connectivity index (χ2n) is 3.45. The van der Waals surface area contributed by atoms with E-state index in [1.165, 1.54) is 4.88 Å². The molecule has 0 aromatic carbocycles.